The van der Waals surface area contributed by atoms with Gasteiger partial charge in [-0.05, 0) is 5.92 Å². The highest BCUT2D eigenvalue weighted by Gasteiger charge is 2.19. The van der Waals surface area contributed by atoms with Crippen molar-refractivity contribution in [3.63, 3.8) is 0 Å². The van der Waals surface area contributed by atoms with Crippen LogP contribution < -0.4 is 4.72 Å². The lowest BCUT2D eigenvalue weighted by Gasteiger charge is -2.19. The van der Waals surface area contributed by atoms with Crippen LogP contribution in [0.15, 0.2) is 0 Å². The SMILES string of the molecule is CC(C)[C@@H](CO)NS(=O)(=O)CCCl. The first-order chi connectivity index (χ1) is 5.93. The van der Waals surface area contributed by atoms with Crippen LogP contribution in [0.5, 0.6) is 0 Å². The first kappa shape index (κ1) is 13.2. The summed E-state index contributed by atoms with van der Waals surface area (Å²) >= 11 is 5.31. The highest BCUT2D eigenvalue weighted by Crippen LogP contribution is 2.02. The van der Waals surface area contributed by atoms with Gasteiger partial charge in [-0.1, -0.05) is 13.8 Å². The van der Waals surface area contributed by atoms with Crippen molar-refractivity contribution in [2.75, 3.05) is 18.2 Å². The third-order valence-electron chi connectivity index (χ3n) is 1.68. The van der Waals surface area contributed by atoms with Crippen molar-refractivity contribution in [2.24, 2.45) is 5.92 Å². The van der Waals surface area contributed by atoms with E-state index in [-0.39, 0.29) is 24.2 Å². The second-order valence-electron chi connectivity index (χ2n) is 3.16. The zero-order valence-electron chi connectivity index (χ0n) is 7.83. The summed E-state index contributed by atoms with van der Waals surface area (Å²) in [6, 6.07) is -0.423. The summed E-state index contributed by atoms with van der Waals surface area (Å²) in [6.07, 6.45) is 0. The van der Waals surface area contributed by atoms with Gasteiger partial charge in [-0.2, -0.15) is 0 Å². The molecule has 0 saturated heterocycles. The van der Waals surface area contributed by atoms with Crippen LogP contribution in [-0.4, -0.2) is 37.8 Å². The molecule has 6 heteroatoms. The van der Waals surface area contributed by atoms with E-state index in [0.29, 0.717) is 0 Å². The average Bonchev–Trinajstić information content (AvgIpc) is 1.99. The monoisotopic (exact) mass is 229 g/mol. The number of alkyl halides is 1. The van der Waals surface area contributed by atoms with Crippen LogP contribution in [0, 0.1) is 5.92 Å². The van der Waals surface area contributed by atoms with Crippen molar-refractivity contribution in [3.8, 4) is 0 Å². The topological polar surface area (TPSA) is 66.4 Å². The van der Waals surface area contributed by atoms with E-state index in [1.807, 2.05) is 13.8 Å². The predicted octanol–water partition coefficient (Wildman–Crippen LogP) is 0.162. The molecule has 0 rings (SSSR count). The van der Waals surface area contributed by atoms with Gasteiger partial charge >= 0.3 is 0 Å². The molecule has 0 aromatic rings. The van der Waals surface area contributed by atoms with Gasteiger partial charge in [0.15, 0.2) is 0 Å². The van der Waals surface area contributed by atoms with Gasteiger partial charge in [0.25, 0.3) is 0 Å². The molecule has 0 amide bonds. The number of nitrogens with one attached hydrogen (secondary N) is 1. The van der Waals surface area contributed by atoms with Crippen molar-refractivity contribution < 1.29 is 13.5 Å². The van der Waals surface area contributed by atoms with Crippen molar-refractivity contribution >= 4 is 21.6 Å². The molecule has 0 aromatic carbocycles. The van der Waals surface area contributed by atoms with Gasteiger partial charge in [0, 0.05) is 11.9 Å². The normalized spacial score (nSPS) is 14.8. The Morgan fingerprint density at radius 2 is 2.00 bits per heavy atom. The van der Waals surface area contributed by atoms with Crippen LogP contribution in [0.4, 0.5) is 0 Å². The summed E-state index contributed by atoms with van der Waals surface area (Å²) in [5.41, 5.74) is 0. The molecule has 1 atom stereocenters. The minimum Gasteiger partial charge on any atom is -0.395 e. The maximum Gasteiger partial charge on any atom is 0.213 e. The second-order valence-corrected chi connectivity index (χ2v) is 5.41. The molecule has 0 aromatic heterocycles. The number of rotatable bonds is 6. The number of aliphatic hydroxyl groups excluding tert-OH is 1. The summed E-state index contributed by atoms with van der Waals surface area (Å²) < 4.78 is 24.8. The van der Waals surface area contributed by atoms with Crippen molar-refractivity contribution in [3.05, 3.63) is 0 Å². The minimum atomic E-state index is -3.33. The minimum absolute atomic E-state index is 0.0611. The Morgan fingerprint density at radius 1 is 1.46 bits per heavy atom. The fourth-order valence-electron chi connectivity index (χ4n) is 0.775. The predicted molar refractivity (Wildman–Crippen MR) is 53.4 cm³/mol. The Balaban J connectivity index is 4.23. The molecular weight excluding hydrogens is 214 g/mol. The standard InChI is InChI=1S/C7H16ClNO3S/c1-6(2)7(5-10)9-13(11,12)4-3-8/h6-7,9-10H,3-5H2,1-2H3/t7-/m1/s1. The third-order valence-corrected chi connectivity index (χ3v) is 3.49. The first-order valence-corrected chi connectivity index (χ1v) is 6.28. The zero-order valence-corrected chi connectivity index (χ0v) is 9.40. The number of halogens is 1. The molecule has 0 saturated carbocycles. The average molecular weight is 230 g/mol. The maximum absolute atomic E-state index is 11.2. The Bertz CT molecular complexity index is 228. The van der Waals surface area contributed by atoms with E-state index >= 15 is 0 Å². The number of hydrogen-bond acceptors (Lipinski definition) is 3. The molecular formula is C7H16ClNO3S. The van der Waals surface area contributed by atoms with E-state index in [2.05, 4.69) is 4.72 Å². The molecule has 0 bridgehead atoms. The van der Waals surface area contributed by atoms with E-state index in [0.717, 1.165) is 0 Å². The van der Waals surface area contributed by atoms with Gasteiger partial charge in [0.05, 0.1) is 12.4 Å². The van der Waals surface area contributed by atoms with Gasteiger partial charge in [0.2, 0.25) is 10.0 Å². The summed E-state index contributed by atoms with van der Waals surface area (Å²) in [5.74, 6) is 0.0127. The van der Waals surface area contributed by atoms with Crippen LogP contribution in [0.1, 0.15) is 13.8 Å². The van der Waals surface area contributed by atoms with Gasteiger partial charge in [-0.15, -0.1) is 11.6 Å². The fourth-order valence-corrected chi connectivity index (χ4v) is 2.51. The second kappa shape index (κ2) is 5.80. The van der Waals surface area contributed by atoms with Gasteiger partial charge < -0.3 is 5.11 Å². The van der Waals surface area contributed by atoms with E-state index in [9.17, 15) is 8.42 Å². The van der Waals surface area contributed by atoms with Crippen LogP contribution in [0.25, 0.3) is 0 Å². The van der Waals surface area contributed by atoms with E-state index < -0.39 is 16.1 Å². The van der Waals surface area contributed by atoms with E-state index in [4.69, 9.17) is 16.7 Å². The molecule has 80 valence electrons. The summed E-state index contributed by atoms with van der Waals surface area (Å²) in [6.45, 7) is 3.48. The number of sulfonamides is 1. The molecule has 0 aliphatic heterocycles. The largest absolute Gasteiger partial charge is 0.395 e. The Hall–Kier alpha value is 0.160. The molecule has 0 radical (unpaired) electrons. The fraction of sp³-hybridized carbons (Fsp3) is 1.00. The molecule has 2 N–H and O–H groups in total. The molecule has 0 spiro atoms. The van der Waals surface area contributed by atoms with Crippen LogP contribution in [0.2, 0.25) is 0 Å². The molecule has 13 heavy (non-hydrogen) atoms. The van der Waals surface area contributed by atoms with E-state index in [1.54, 1.807) is 0 Å². The molecule has 0 heterocycles. The Morgan fingerprint density at radius 3 is 2.31 bits per heavy atom. The highest BCUT2D eigenvalue weighted by molar-refractivity contribution is 7.89. The van der Waals surface area contributed by atoms with Gasteiger partial charge in [-0.3, -0.25) is 0 Å². The van der Waals surface area contributed by atoms with Crippen LogP contribution in [0.3, 0.4) is 0 Å². The number of aliphatic hydroxyl groups is 1. The molecule has 4 nitrogen and oxygen atoms in total. The first-order valence-electron chi connectivity index (χ1n) is 4.09. The van der Waals surface area contributed by atoms with Gasteiger partial charge in [-0.25, -0.2) is 13.1 Å². The lowest BCUT2D eigenvalue weighted by Crippen LogP contribution is -2.42. The van der Waals surface area contributed by atoms with Crippen LogP contribution >= 0.6 is 11.6 Å². The van der Waals surface area contributed by atoms with Gasteiger partial charge in [0.1, 0.15) is 0 Å². The van der Waals surface area contributed by atoms with Crippen molar-refractivity contribution in [1.82, 2.24) is 4.72 Å². The lowest BCUT2D eigenvalue weighted by atomic mass is 10.1. The Kier molecular flexibility index (Phi) is 5.87. The van der Waals surface area contributed by atoms with E-state index in [1.165, 1.54) is 0 Å². The zero-order chi connectivity index (χ0) is 10.5. The smallest absolute Gasteiger partial charge is 0.213 e. The summed E-state index contributed by atoms with van der Waals surface area (Å²) in [4.78, 5) is 0. The maximum atomic E-state index is 11.2. The van der Waals surface area contributed by atoms with Crippen LogP contribution in [-0.2, 0) is 10.0 Å². The summed E-state index contributed by atoms with van der Waals surface area (Å²) in [7, 11) is -3.33. The Labute approximate surface area is 84.3 Å². The van der Waals surface area contributed by atoms with Crippen molar-refractivity contribution in [1.29, 1.82) is 0 Å². The molecule has 0 aliphatic carbocycles. The molecule has 0 unspecified atom stereocenters. The quantitative estimate of drug-likeness (QED) is 0.638. The van der Waals surface area contributed by atoms with Crippen molar-refractivity contribution in [2.45, 2.75) is 19.9 Å². The highest BCUT2D eigenvalue weighted by atomic mass is 35.5. The molecule has 0 aliphatic rings. The molecule has 0 fully saturated rings. The summed E-state index contributed by atoms with van der Waals surface area (Å²) in [5, 5.41) is 8.87. The number of hydrogen-bond donors (Lipinski definition) is 2. The lowest BCUT2D eigenvalue weighted by molar-refractivity contribution is 0.228. The third kappa shape index (κ3) is 5.46.